The minimum absolute atomic E-state index is 0.163. The Bertz CT molecular complexity index is 497. The van der Waals surface area contributed by atoms with E-state index in [0.29, 0.717) is 19.1 Å². The van der Waals surface area contributed by atoms with Crippen molar-refractivity contribution >= 4 is 11.7 Å². The highest BCUT2D eigenvalue weighted by molar-refractivity contribution is 5.72. The van der Waals surface area contributed by atoms with E-state index in [1.807, 2.05) is 6.07 Å². The van der Waals surface area contributed by atoms with Crippen molar-refractivity contribution in [3.8, 4) is 0 Å². The monoisotopic (exact) mass is 263 g/mol. The van der Waals surface area contributed by atoms with Crippen LogP contribution >= 0.6 is 0 Å². The third-order valence-corrected chi connectivity index (χ3v) is 4.19. The average Bonchev–Trinajstić information content (AvgIpc) is 2.81. The number of halogens is 1. The topological polar surface area (TPSA) is 49.6 Å². The van der Waals surface area contributed by atoms with Gasteiger partial charge in [0.05, 0.1) is 0 Å². The van der Waals surface area contributed by atoms with Gasteiger partial charge in [0.15, 0.2) is 0 Å². The fourth-order valence-corrected chi connectivity index (χ4v) is 3.17. The van der Waals surface area contributed by atoms with Crippen LogP contribution in [0.5, 0.6) is 0 Å². The molecule has 3 rings (SSSR count). The number of likely N-dealkylation sites (tertiary alicyclic amines) is 1. The first-order valence-electron chi connectivity index (χ1n) is 6.74. The van der Waals surface area contributed by atoms with Crippen molar-refractivity contribution in [2.75, 3.05) is 24.5 Å². The number of urea groups is 1. The number of hydrogen-bond acceptors (Lipinski definition) is 2. The highest BCUT2D eigenvalue weighted by Gasteiger charge is 2.30. The molecule has 4 nitrogen and oxygen atoms in total. The number of hydrogen-bond donors (Lipinski definition) is 1. The lowest BCUT2D eigenvalue weighted by Gasteiger charge is -2.37. The first kappa shape index (κ1) is 12.3. The van der Waals surface area contributed by atoms with E-state index in [1.54, 1.807) is 11.0 Å². The van der Waals surface area contributed by atoms with Gasteiger partial charge in [0, 0.05) is 31.4 Å². The van der Waals surface area contributed by atoms with E-state index in [2.05, 4.69) is 4.90 Å². The summed E-state index contributed by atoms with van der Waals surface area (Å²) in [7, 11) is 0. The van der Waals surface area contributed by atoms with Gasteiger partial charge in [-0.1, -0.05) is 0 Å². The van der Waals surface area contributed by atoms with Crippen molar-refractivity contribution in [2.45, 2.75) is 25.3 Å². The normalized spacial score (nSPS) is 19.6. The van der Waals surface area contributed by atoms with Crippen molar-refractivity contribution < 1.29 is 9.18 Å². The Balaban J connectivity index is 1.71. The Morgan fingerprint density at radius 1 is 1.26 bits per heavy atom. The Kier molecular flexibility index (Phi) is 3.05. The number of nitrogens with zero attached hydrogens (tertiary/aromatic N) is 2. The molecule has 2 heterocycles. The molecule has 0 saturated carbocycles. The molecule has 2 aliphatic heterocycles. The third kappa shape index (κ3) is 2.25. The Labute approximate surface area is 112 Å². The molecule has 2 aliphatic rings. The smallest absolute Gasteiger partial charge is 0.314 e. The maximum absolute atomic E-state index is 13.2. The number of carbonyl (C=O) groups excluding carboxylic acids is 1. The number of piperidine rings is 1. The van der Waals surface area contributed by atoms with Gasteiger partial charge in [-0.25, -0.2) is 9.18 Å². The molecule has 0 atom stereocenters. The summed E-state index contributed by atoms with van der Waals surface area (Å²) in [5.41, 5.74) is 7.54. The van der Waals surface area contributed by atoms with E-state index < -0.39 is 0 Å². The fourth-order valence-electron chi connectivity index (χ4n) is 3.17. The number of fused-ring (bicyclic) bond motifs is 1. The molecule has 1 saturated heterocycles. The number of amides is 2. The summed E-state index contributed by atoms with van der Waals surface area (Å²) in [6.07, 6.45) is 2.77. The van der Waals surface area contributed by atoms with Gasteiger partial charge in [-0.3, -0.25) is 0 Å². The molecule has 19 heavy (non-hydrogen) atoms. The molecule has 102 valence electrons. The lowest BCUT2D eigenvalue weighted by molar-refractivity contribution is 0.190. The van der Waals surface area contributed by atoms with Crippen LogP contribution in [0.25, 0.3) is 0 Å². The molecule has 0 unspecified atom stereocenters. The minimum atomic E-state index is -0.331. The molecule has 0 spiro atoms. The number of nitrogens with two attached hydrogens (primary N) is 1. The highest BCUT2D eigenvalue weighted by atomic mass is 19.1. The van der Waals surface area contributed by atoms with Crippen LogP contribution < -0.4 is 10.6 Å². The molecular formula is C14H18FN3O. The summed E-state index contributed by atoms with van der Waals surface area (Å²) in [5.74, 6) is -0.163. The summed E-state index contributed by atoms with van der Waals surface area (Å²) >= 11 is 0. The van der Waals surface area contributed by atoms with Gasteiger partial charge in [-0.2, -0.15) is 0 Å². The van der Waals surface area contributed by atoms with Gasteiger partial charge in [0.25, 0.3) is 0 Å². The van der Waals surface area contributed by atoms with E-state index in [9.17, 15) is 9.18 Å². The quantitative estimate of drug-likeness (QED) is 0.839. The zero-order valence-electron chi connectivity index (χ0n) is 10.8. The van der Waals surface area contributed by atoms with E-state index in [-0.39, 0.29) is 11.8 Å². The summed E-state index contributed by atoms with van der Waals surface area (Å²) in [5, 5.41) is 0. The zero-order valence-corrected chi connectivity index (χ0v) is 10.8. The number of primary amides is 1. The van der Waals surface area contributed by atoms with E-state index in [1.165, 1.54) is 6.07 Å². The molecule has 2 amide bonds. The molecule has 0 aromatic heterocycles. The number of anilines is 1. The standard InChI is InChI=1S/C14H18FN3O/c15-11-1-2-13-10(9-11)3-8-18(13)12-4-6-17(7-5-12)14(16)19/h1-2,9,12H,3-8H2,(H2,16,19). The summed E-state index contributed by atoms with van der Waals surface area (Å²) in [6, 6.07) is 5.13. The molecule has 0 radical (unpaired) electrons. The molecule has 0 bridgehead atoms. The second-order valence-electron chi connectivity index (χ2n) is 5.27. The lowest BCUT2D eigenvalue weighted by atomic mass is 10.0. The molecule has 1 fully saturated rings. The van der Waals surface area contributed by atoms with Gasteiger partial charge in [0.1, 0.15) is 5.82 Å². The molecular weight excluding hydrogens is 245 g/mol. The number of carbonyl (C=O) groups is 1. The van der Waals surface area contributed by atoms with Gasteiger partial charge in [-0.15, -0.1) is 0 Å². The fraction of sp³-hybridized carbons (Fsp3) is 0.500. The molecule has 5 heteroatoms. The first-order valence-corrected chi connectivity index (χ1v) is 6.74. The van der Waals surface area contributed by atoms with Crippen LogP contribution in [0.2, 0.25) is 0 Å². The van der Waals surface area contributed by atoms with Crippen molar-refractivity contribution in [3.63, 3.8) is 0 Å². The first-order chi connectivity index (χ1) is 9.15. The van der Waals surface area contributed by atoms with E-state index >= 15 is 0 Å². The largest absolute Gasteiger partial charge is 0.368 e. The highest BCUT2D eigenvalue weighted by Crippen LogP contribution is 2.32. The second kappa shape index (κ2) is 4.72. The van der Waals surface area contributed by atoms with Gasteiger partial charge >= 0.3 is 6.03 Å². The van der Waals surface area contributed by atoms with Gasteiger partial charge in [-0.05, 0) is 43.0 Å². The second-order valence-corrected chi connectivity index (χ2v) is 5.27. The lowest BCUT2D eigenvalue weighted by Crippen LogP contribution is -2.48. The SMILES string of the molecule is NC(=O)N1CCC(N2CCc3cc(F)ccc32)CC1. The number of rotatable bonds is 1. The van der Waals surface area contributed by atoms with Crippen LogP contribution in [0.3, 0.4) is 0 Å². The van der Waals surface area contributed by atoms with Crippen LogP contribution in [-0.2, 0) is 6.42 Å². The Hall–Kier alpha value is -1.78. The summed E-state index contributed by atoms with van der Waals surface area (Å²) in [4.78, 5) is 15.2. The van der Waals surface area contributed by atoms with Crippen molar-refractivity contribution in [1.82, 2.24) is 4.90 Å². The Morgan fingerprint density at radius 2 is 2.00 bits per heavy atom. The van der Waals surface area contributed by atoms with Crippen LogP contribution in [0.4, 0.5) is 14.9 Å². The van der Waals surface area contributed by atoms with Gasteiger partial charge in [0.2, 0.25) is 0 Å². The predicted octanol–water partition coefficient (Wildman–Crippen LogP) is 1.73. The van der Waals surface area contributed by atoms with Crippen LogP contribution in [0.15, 0.2) is 18.2 Å². The predicted molar refractivity (Wildman–Crippen MR) is 71.6 cm³/mol. The number of benzene rings is 1. The molecule has 1 aromatic carbocycles. The maximum Gasteiger partial charge on any atom is 0.314 e. The van der Waals surface area contributed by atoms with E-state index in [4.69, 9.17) is 5.73 Å². The maximum atomic E-state index is 13.2. The van der Waals surface area contributed by atoms with Crippen molar-refractivity contribution in [3.05, 3.63) is 29.6 Å². The Morgan fingerprint density at radius 3 is 2.68 bits per heavy atom. The average molecular weight is 263 g/mol. The summed E-state index contributed by atoms with van der Waals surface area (Å²) < 4.78 is 13.2. The van der Waals surface area contributed by atoms with E-state index in [0.717, 1.165) is 37.1 Å². The van der Waals surface area contributed by atoms with Crippen LogP contribution in [0, 0.1) is 5.82 Å². The minimum Gasteiger partial charge on any atom is -0.368 e. The van der Waals surface area contributed by atoms with Crippen LogP contribution in [-0.4, -0.2) is 36.6 Å². The summed E-state index contributed by atoms with van der Waals surface area (Å²) in [6.45, 7) is 2.38. The third-order valence-electron chi connectivity index (χ3n) is 4.19. The molecule has 1 aromatic rings. The molecule has 0 aliphatic carbocycles. The zero-order chi connectivity index (χ0) is 13.4. The van der Waals surface area contributed by atoms with Crippen LogP contribution in [0.1, 0.15) is 18.4 Å². The molecule has 2 N–H and O–H groups in total. The van der Waals surface area contributed by atoms with Crippen molar-refractivity contribution in [2.24, 2.45) is 5.73 Å². The van der Waals surface area contributed by atoms with Crippen molar-refractivity contribution in [1.29, 1.82) is 0 Å². The van der Waals surface area contributed by atoms with Gasteiger partial charge < -0.3 is 15.5 Å².